The van der Waals surface area contributed by atoms with Crippen molar-refractivity contribution < 1.29 is 14.3 Å². The SMILES string of the molecule is CC(=O)c1ccc(C(C)(C)Oc2cccc(C(=O)Nc3ccc(Br)cc3)c2)cc1. The molecular weight excluding hydrogens is 430 g/mol. The lowest BCUT2D eigenvalue weighted by molar-refractivity contribution is 0.101. The Morgan fingerprint density at radius 3 is 2.17 bits per heavy atom. The maximum Gasteiger partial charge on any atom is 0.255 e. The van der Waals surface area contributed by atoms with E-state index in [1.54, 1.807) is 37.3 Å². The highest BCUT2D eigenvalue weighted by atomic mass is 79.9. The third-order valence-electron chi connectivity index (χ3n) is 4.56. The largest absolute Gasteiger partial charge is 0.483 e. The maximum absolute atomic E-state index is 12.6. The van der Waals surface area contributed by atoms with Crippen molar-refractivity contribution in [2.75, 3.05) is 5.32 Å². The average molecular weight is 452 g/mol. The molecule has 4 nitrogen and oxygen atoms in total. The van der Waals surface area contributed by atoms with E-state index >= 15 is 0 Å². The fourth-order valence-electron chi connectivity index (χ4n) is 2.90. The van der Waals surface area contributed by atoms with Crippen molar-refractivity contribution in [2.24, 2.45) is 0 Å². The predicted octanol–water partition coefficient (Wildman–Crippen LogP) is 6.22. The van der Waals surface area contributed by atoms with Gasteiger partial charge in [-0.2, -0.15) is 0 Å². The molecule has 0 atom stereocenters. The molecule has 148 valence electrons. The van der Waals surface area contributed by atoms with Crippen LogP contribution in [0.2, 0.25) is 0 Å². The zero-order valence-corrected chi connectivity index (χ0v) is 18.1. The Balaban J connectivity index is 1.75. The lowest BCUT2D eigenvalue weighted by atomic mass is 9.96. The minimum atomic E-state index is -0.629. The highest BCUT2D eigenvalue weighted by molar-refractivity contribution is 9.10. The number of anilines is 1. The Morgan fingerprint density at radius 2 is 1.55 bits per heavy atom. The lowest BCUT2D eigenvalue weighted by Gasteiger charge is -2.27. The number of carbonyl (C=O) groups is 2. The van der Waals surface area contributed by atoms with Gasteiger partial charge in [0.1, 0.15) is 11.4 Å². The topological polar surface area (TPSA) is 55.4 Å². The Bertz CT molecular complexity index is 1020. The highest BCUT2D eigenvalue weighted by Crippen LogP contribution is 2.28. The van der Waals surface area contributed by atoms with Gasteiger partial charge in [0, 0.05) is 21.3 Å². The third-order valence-corrected chi connectivity index (χ3v) is 5.09. The molecule has 1 amide bonds. The number of halogens is 1. The van der Waals surface area contributed by atoms with Crippen molar-refractivity contribution in [1.82, 2.24) is 0 Å². The van der Waals surface area contributed by atoms with E-state index in [0.717, 1.165) is 15.7 Å². The molecule has 0 aliphatic carbocycles. The van der Waals surface area contributed by atoms with E-state index in [2.05, 4.69) is 21.2 Å². The fourth-order valence-corrected chi connectivity index (χ4v) is 3.16. The first kappa shape index (κ1) is 20.8. The highest BCUT2D eigenvalue weighted by Gasteiger charge is 2.23. The van der Waals surface area contributed by atoms with Crippen molar-refractivity contribution in [3.63, 3.8) is 0 Å². The van der Waals surface area contributed by atoms with Crippen LogP contribution in [0.4, 0.5) is 5.69 Å². The van der Waals surface area contributed by atoms with Gasteiger partial charge >= 0.3 is 0 Å². The van der Waals surface area contributed by atoms with Gasteiger partial charge < -0.3 is 10.1 Å². The molecule has 0 aromatic heterocycles. The van der Waals surface area contributed by atoms with Gasteiger partial charge in [0.25, 0.3) is 5.91 Å². The van der Waals surface area contributed by atoms with Crippen LogP contribution in [0.3, 0.4) is 0 Å². The normalized spacial score (nSPS) is 11.0. The first-order chi connectivity index (χ1) is 13.7. The minimum absolute atomic E-state index is 0.0276. The van der Waals surface area contributed by atoms with Crippen LogP contribution in [-0.2, 0) is 5.60 Å². The number of nitrogens with one attached hydrogen (secondary N) is 1. The molecule has 0 radical (unpaired) electrons. The van der Waals surface area contributed by atoms with Gasteiger partial charge in [-0.15, -0.1) is 0 Å². The van der Waals surface area contributed by atoms with Crippen LogP contribution >= 0.6 is 15.9 Å². The van der Waals surface area contributed by atoms with Crippen molar-refractivity contribution in [3.05, 3.63) is 94.0 Å². The van der Waals surface area contributed by atoms with Gasteiger partial charge in [0.05, 0.1) is 0 Å². The molecule has 0 unspecified atom stereocenters. The number of ketones is 1. The van der Waals surface area contributed by atoms with Crippen LogP contribution in [0.1, 0.15) is 47.1 Å². The van der Waals surface area contributed by atoms with E-state index in [0.29, 0.717) is 16.9 Å². The van der Waals surface area contributed by atoms with E-state index in [4.69, 9.17) is 4.74 Å². The summed E-state index contributed by atoms with van der Waals surface area (Å²) >= 11 is 3.38. The van der Waals surface area contributed by atoms with E-state index in [9.17, 15) is 9.59 Å². The monoisotopic (exact) mass is 451 g/mol. The molecule has 0 aliphatic heterocycles. The van der Waals surface area contributed by atoms with Crippen molar-refractivity contribution in [2.45, 2.75) is 26.4 Å². The molecule has 0 saturated carbocycles. The molecule has 1 N–H and O–H groups in total. The summed E-state index contributed by atoms with van der Waals surface area (Å²) in [6.45, 7) is 5.44. The second kappa shape index (κ2) is 8.62. The molecule has 5 heteroatoms. The number of hydrogen-bond acceptors (Lipinski definition) is 3. The van der Waals surface area contributed by atoms with E-state index in [1.807, 2.05) is 56.3 Å². The summed E-state index contributed by atoms with van der Waals surface area (Å²) < 4.78 is 7.12. The zero-order valence-electron chi connectivity index (χ0n) is 16.5. The number of rotatable bonds is 6. The minimum Gasteiger partial charge on any atom is -0.483 e. The molecule has 3 aromatic carbocycles. The lowest BCUT2D eigenvalue weighted by Crippen LogP contribution is -2.25. The fraction of sp³-hybridized carbons (Fsp3) is 0.167. The van der Waals surface area contributed by atoms with Gasteiger partial charge in [0.2, 0.25) is 0 Å². The Kier molecular flexibility index (Phi) is 6.18. The molecule has 0 bridgehead atoms. The third kappa shape index (κ3) is 5.33. The van der Waals surface area contributed by atoms with Gasteiger partial charge in [0.15, 0.2) is 5.78 Å². The molecule has 0 spiro atoms. The number of benzene rings is 3. The van der Waals surface area contributed by atoms with Crippen LogP contribution in [0, 0.1) is 0 Å². The second-order valence-electron chi connectivity index (χ2n) is 7.23. The van der Waals surface area contributed by atoms with Crippen molar-refractivity contribution >= 4 is 33.3 Å². The van der Waals surface area contributed by atoms with Gasteiger partial charge in [-0.25, -0.2) is 0 Å². The molecule has 3 aromatic rings. The van der Waals surface area contributed by atoms with E-state index < -0.39 is 5.60 Å². The summed E-state index contributed by atoms with van der Waals surface area (Å²) in [5, 5.41) is 2.88. The van der Waals surface area contributed by atoms with Crippen molar-refractivity contribution in [3.8, 4) is 5.75 Å². The van der Waals surface area contributed by atoms with Gasteiger partial charge in [-0.05, 0) is 68.8 Å². The summed E-state index contributed by atoms with van der Waals surface area (Å²) in [6.07, 6.45) is 0. The Morgan fingerprint density at radius 1 is 0.897 bits per heavy atom. The molecule has 0 aliphatic rings. The summed E-state index contributed by atoms with van der Waals surface area (Å²) in [7, 11) is 0. The van der Waals surface area contributed by atoms with E-state index in [-0.39, 0.29) is 11.7 Å². The van der Waals surface area contributed by atoms with Crippen LogP contribution < -0.4 is 10.1 Å². The molecule has 29 heavy (non-hydrogen) atoms. The zero-order chi connectivity index (χ0) is 21.0. The van der Waals surface area contributed by atoms with Crippen molar-refractivity contribution in [1.29, 1.82) is 0 Å². The smallest absolute Gasteiger partial charge is 0.255 e. The summed E-state index contributed by atoms with van der Waals surface area (Å²) in [6, 6.07) is 21.9. The maximum atomic E-state index is 12.6. The Hall–Kier alpha value is -2.92. The molecule has 0 heterocycles. The first-order valence-corrected chi connectivity index (χ1v) is 10.0. The summed E-state index contributed by atoms with van der Waals surface area (Å²) in [5.41, 5.74) is 2.20. The number of Topliss-reactive ketones (excluding diaryl/α,β-unsaturated/α-hetero) is 1. The van der Waals surface area contributed by atoms with Gasteiger partial charge in [-0.3, -0.25) is 9.59 Å². The van der Waals surface area contributed by atoms with Crippen LogP contribution in [0.5, 0.6) is 5.75 Å². The Labute approximate surface area is 179 Å². The van der Waals surface area contributed by atoms with Gasteiger partial charge in [-0.1, -0.05) is 46.3 Å². The van der Waals surface area contributed by atoms with Crippen LogP contribution in [0.15, 0.2) is 77.3 Å². The second-order valence-corrected chi connectivity index (χ2v) is 8.15. The standard InChI is InChI=1S/C24H22BrNO3/c1-16(27)17-7-9-19(10-8-17)24(2,3)29-22-6-4-5-18(15-22)23(28)26-21-13-11-20(25)12-14-21/h4-15H,1-3H3,(H,26,28). The molecule has 3 rings (SSSR count). The number of hydrogen-bond donors (Lipinski definition) is 1. The molecule has 0 saturated heterocycles. The quantitative estimate of drug-likeness (QED) is 0.452. The number of carbonyl (C=O) groups excluding carboxylic acids is 2. The molecular formula is C24H22BrNO3. The predicted molar refractivity (Wildman–Crippen MR) is 119 cm³/mol. The molecule has 0 fully saturated rings. The van der Waals surface area contributed by atoms with Crippen LogP contribution in [-0.4, -0.2) is 11.7 Å². The average Bonchev–Trinajstić information content (AvgIpc) is 2.69. The summed E-state index contributed by atoms with van der Waals surface area (Å²) in [5.74, 6) is 0.412. The summed E-state index contributed by atoms with van der Waals surface area (Å²) in [4.78, 5) is 24.1. The van der Waals surface area contributed by atoms with Crippen LogP contribution in [0.25, 0.3) is 0 Å². The first-order valence-electron chi connectivity index (χ1n) is 9.22. The number of amides is 1. The number of ether oxygens (including phenoxy) is 1. The van der Waals surface area contributed by atoms with E-state index in [1.165, 1.54) is 0 Å².